The molecule has 0 saturated heterocycles. The molecule has 0 bridgehead atoms. The van der Waals surface area contributed by atoms with E-state index >= 15 is 0 Å². The van der Waals surface area contributed by atoms with Gasteiger partial charge in [-0.05, 0) is 12.8 Å². The van der Waals surface area contributed by atoms with Crippen molar-refractivity contribution in [1.29, 1.82) is 0 Å². The SMILES string of the molecule is CCC(CC)O[Si]Cl. The zero-order valence-corrected chi connectivity index (χ0v) is 7.03. The summed E-state index contributed by atoms with van der Waals surface area (Å²) in [5.41, 5.74) is 0. The number of hydrogen-bond donors (Lipinski definition) is 0. The highest BCUT2D eigenvalue weighted by molar-refractivity contribution is 6.89. The van der Waals surface area contributed by atoms with Gasteiger partial charge in [-0.3, -0.25) is 0 Å². The van der Waals surface area contributed by atoms with Crippen LogP contribution in [0, 0.1) is 0 Å². The largest absolute Gasteiger partial charge is 0.400 e. The van der Waals surface area contributed by atoms with Crippen LogP contribution < -0.4 is 0 Å². The van der Waals surface area contributed by atoms with E-state index in [0.29, 0.717) is 6.10 Å². The van der Waals surface area contributed by atoms with Crippen LogP contribution in [-0.4, -0.2) is 15.2 Å². The van der Waals surface area contributed by atoms with Crippen molar-refractivity contribution in [3.05, 3.63) is 0 Å². The molecule has 0 aliphatic carbocycles. The Hall–Kier alpha value is 0.467. The first-order chi connectivity index (χ1) is 3.85. The van der Waals surface area contributed by atoms with Gasteiger partial charge in [0.2, 0.25) is 0 Å². The maximum atomic E-state index is 5.36. The van der Waals surface area contributed by atoms with Gasteiger partial charge in [0.05, 0.1) is 0 Å². The Balaban J connectivity index is 3.07. The van der Waals surface area contributed by atoms with Gasteiger partial charge in [0.15, 0.2) is 0 Å². The van der Waals surface area contributed by atoms with E-state index < -0.39 is 0 Å². The fourth-order valence-corrected chi connectivity index (χ4v) is 1.36. The summed E-state index contributed by atoms with van der Waals surface area (Å²) in [7, 11) is 0.124. The first-order valence-corrected chi connectivity index (χ1v) is 4.78. The molecule has 0 saturated carbocycles. The predicted molar refractivity (Wildman–Crippen MR) is 37.1 cm³/mol. The molecule has 48 valence electrons. The zero-order valence-electron chi connectivity index (χ0n) is 5.28. The van der Waals surface area contributed by atoms with E-state index in [1.807, 2.05) is 0 Å². The first kappa shape index (κ1) is 8.47. The molecule has 0 heterocycles. The minimum absolute atomic E-state index is 0.124. The monoisotopic (exact) mass is 150 g/mol. The van der Waals surface area contributed by atoms with Crippen molar-refractivity contribution in [1.82, 2.24) is 0 Å². The Kier molecular flexibility index (Phi) is 5.93. The lowest BCUT2D eigenvalue weighted by molar-refractivity contribution is 0.209. The second-order valence-corrected chi connectivity index (χ2v) is 2.49. The van der Waals surface area contributed by atoms with Crippen LogP contribution in [0.1, 0.15) is 26.7 Å². The quantitative estimate of drug-likeness (QED) is 0.440. The summed E-state index contributed by atoms with van der Waals surface area (Å²) < 4.78 is 5.13. The van der Waals surface area contributed by atoms with Crippen LogP contribution in [0.2, 0.25) is 0 Å². The Bertz CT molecular complexity index is 47.7. The van der Waals surface area contributed by atoms with Crippen LogP contribution in [0.3, 0.4) is 0 Å². The lowest BCUT2D eigenvalue weighted by Crippen LogP contribution is -2.09. The third-order valence-electron chi connectivity index (χ3n) is 1.12. The van der Waals surface area contributed by atoms with Gasteiger partial charge in [-0.25, -0.2) is 0 Å². The van der Waals surface area contributed by atoms with Gasteiger partial charge in [-0.2, -0.15) is 0 Å². The van der Waals surface area contributed by atoms with Crippen molar-refractivity contribution >= 4 is 20.2 Å². The van der Waals surface area contributed by atoms with E-state index in [0.717, 1.165) is 12.8 Å². The highest BCUT2D eigenvalue weighted by Crippen LogP contribution is 2.00. The Morgan fingerprint density at radius 3 is 2.12 bits per heavy atom. The maximum absolute atomic E-state index is 5.36. The Morgan fingerprint density at radius 2 is 2.00 bits per heavy atom. The second-order valence-electron chi connectivity index (χ2n) is 1.63. The molecule has 0 aromatic rings. The molecule has 0 atom stereocenters. The molecular formula is C5H11ClOSi. The second kappa shape index (κ2) is 5.60. The number of hydrogen-bond acceptors (Lipinski definition) is 1. The van der Waals surface area contributed by atoms with E-state index in [2.05, 4.69) is 13.8 Å². The molecule has 8 heavy (non-hydrogen) atoms. The Morgan fingerprint density at radius 1 is 1.50 bits per heavy atom. The molecular weight excluding hydrogens is 140 g/mol. The summed E-state index contributed by atoms with van der Waals surface area (Å²) in [6, 6.07) is 0. The normalized spacial score (nSPS) is 10.5. The minimum atomic E-state index is 0.124. The molecule has 0 fully saturated rings. The van der Waals surface area contributed by atoms with E-state index in [1.165, 1.54) is 0 Å². The topological polar surface area (TPSA) is 9.23 Å². The standard InChI is InChI=1S/C5H11ClOSi/c1-3-5(4-2)7-8-6/h5H,3-4H2,1-2H3. The third-order valence-corrected chi connectivity index (χ3v) is 1.81. The van der Waals surface area contributed by atoms with E-state index in [9.17, 15) is 0 Å². The molecule has 0 aromatic heterocycles. The number of halogens is 1. The van der Waals surface area contributed by atoms with Crippen LogP contribution in [0.25, 0.3) is 0 Å². The van der Waals surface area contributed by atoms with Gasteiger partial charge in [-0.1, -0.05) is 13.8 Å². The fraction of sp³-hybridized carbons (Fsp3) is 1.00. The molecule has 0 aromatic carbocycles. The highest BCUT2D eigenvalue weighted by atomic mass is 35.6. The molecule has 1 nitrogen and oxygen atoms in total. The van der Waals surface area contributed by atoms with Crippen molar-refractivity contribution in [2.24, 2.45) is 0 Å². The zero-order chi connectivity index (χ0) is 6.41. The minimum Gasteiger partial charge on any atom is -0.400 e. The molecule has 0 aliphatic rings. The van der Waals surface area contributed by atoms with Crippen LogP contribution in [-0.2, 0) is 4.43 Å². The van der Waals surface area contributed by atoms with Crippen LogP contribution in [0.15, 0.2) is 0 Å². The van der Waals surface area contributed by atoms with E-state index in [4.69, 9.17) is 15.5 Å². The molecule has 0 rings (SSSR count). The molecule has 2 radical (unpaired) electrons. The summed E-state index contributed by atoms with van der Waals surface area (Å²) in [5.74, 6) is 0. The third kappa shape index (κ3) is 3.47. The van der Waals surface area contributed by atoms with Crippen LogP contribution in [0.5, 0.6) is 0 Å². The molecule has 0 spiro atoms. The Labute approximate surface area is 58.0 Å². The molecule has 0 N–H and O–H groups in total. The lowest BCUT2D eigenvalue weighted by Gasteiger charge is -2.09. The van der Waals surface area contributed by atoms with Crippen molar-refractivity contribution in [2.75, 3.05) is 0 Å². The van der Waals surface area contributed by atoms with Gasteiger partial charge >= 0.3 is 9.07 Å². The summed E-state index contributed by atoms with van der Waals surface area (Å²) in [6.07, 6.45) is 2.51. The van der Waals surface area contributed by atoms with Crippen molar-refractivity contribution in [3.8, 4) is 0 Å². The van der Waals surface area contributed by atoms with Gasteiger partial charge < -0.3 is 4.43 Å². The molecule has 0 aliphatic heterocycles. The van der Waals surface area contributed by atoms with Crippen LogP contribution in [0.4, 0.5) is 0 Å². The first-order valence-electron chi connectivity index (χ1n) is 2.86. The smallest absolute Gasteiger partial charge is 0.356 e. The molecule has 0 amide bonds. The summed E-state index contributed by atoms with van der Waals surface area (Å²) in [6.45, 7) is 4.20. The highest BCUT2D eigenvalue weighted by Gasteiger charge is 2.00. The van der Waals surface area contributed by atoms with E-state index in [-0.39, 0.29) is 9.07 Å². The average molecular weight is 151 g/mol. The number of rotatable bonds is 4. The van der Waals surface area contributed by atoms with Gasteiger partial charge in [0.25, 0.3) is 0 Å². The fourth-order valence-electron chi connectivity index (χ4n) is 0.518. The van der Waals surface area contributed by atoms with Gasteiger partial charge in [0.1, 0.15) is 0 Å². The molecule has 3 heteroatoms. The van der Waals surface area contributed by atoms with Gasteiger partial charge in [-0.15, -0.1) is 11.1 Å². The summed E-state index contributed by atoms with van der Waals surface area (Å²) >= 11 is 5.36. The maximum Gasteiger partial charge on any atom is 0.356 e. The van der Waals surface area contributed by atoms with Crippen molar-refractivity contribution in [2.45, 2.75) is 32.8 Å². The summed E-state index contributed by atoms with van der Waals surface area (Å²) in [5, 5.41) is 0. The van der Waals surface area contributed by atoms with E-state index in [1.54, 1.807) is 0 Å². The predicted octanol–water partition coefficient (Wildman–Crippen LogP) is 1.96. The molecule has 0 unspecified atom stereocenters. The van der Waals surface area contributed by atoms with Crippen LogP contribution >= 0.6 is 11.1 Å². The average Bonchev–Trinajstić information content (AvgIpc) is 1.83. The van der Waals surface area contributed by atoms with Gasteiger partial charge in [0, 0.05) is 6.10 Å². The summed E-state index contributed by atoms with van der Waals surface area (Å²) in [4.78, 5) is 0. The van der Waals surface area contributed by atoms with Crippen molar-refractivity contribution < 1.29 is 4.43 Å². The van der Waals surface area contributed by atoms with Crippen molar-refractivity contribution in [3.63, 3.8) is 0 Å². The lowest BCUT2D eigenvalue weighted by atomic mass is 10.2.